The maximum Gasteiger partial charge on any atom is 0.434 e. The zero-order valence-corrected chi connectivity index (χ0v) is 13.8. The molecule has 3 heterocycles. The second kappa shape index (κ2) is 6.60. The summed E-state index contributed by atoms with van der Waals surface area (Å²) < 4.78 is 41.3. The van der Waals surface area contributed by atoms with Crippen molar-refractivity contribution in [2.24, 2.45) is 5.92 Å². The Bertz CT molecular complexity index is 868. The second-order valence-electron chi connectivity index (χ2n) is 5.70. The molecule has 0 aromatic carbocycles. The normalized spacial score (nSPS) is 17.5. The summed E-state index contributed by atoms with van der Waals surface area (Å²) in [4.78, 5) is 28.4. The summed E-state index contributed by atoms with van der Waals surface area (Å²) in [5.74, 6) is -3.08. The Kier molecular flexibility index (Phi) is 4.61. The molecule has 11 heteroatoms. The summed E-state index contributed by atoms with van der Waals surface area (Å²) in [5.41, 5.74) is -1.98. The molecule has 3 rings (SSSR count). The summed E-state index contributed by atoms with van der Waals surface area (Å²) in [5, 5.41) is 12.6. The van der Waals surface area contributed by atoms with E-state index < -0.39 is 35.2 Å². The number of likely N-dealkylation sites (tertiary alicyclic amines) is 1. The Morgan fingerprint density at radius 1 is 1.35 bits per heavy atom. The number of aromatic nitrogens is 3. The molecule has 26 heavy (non-hydrogen) atoms. The molecule has 1 saturated heterocycles. The highest BCUT2D eigenvalue weighted by molar-refractivity contribution is 6.32. The van der Waals surface area contributed by atoms with Gasteiger partial charge in [-0.15, -0.1) is 0 Å². The van der Waals surface area contributed by atoms with Crippen LogP contribution in [0.15, 0.2) is 24.5 Å². The Hall–Kier alpha value is -2.62. The maximum absolute atomic E-state index is 13.6. The predicted octanol–water partition coefficient (Wildman–Crippen LogP) is 2.49. The van der Waals surface area contributed by atoms with Gasteiger partial charge >= 0.3 is 12.1 Å². The molecule has 138 valence electrons. The van der Waals surface area contributed by atoms with Crippen molar-refractivity contribution in [2.45, 2.75) is 12.6 Å². The van der Waals surface area contributed by atoms with E-state index in [0.717, 1.165) is 11.1 Å². The van der Waals surface area contributed by atoms with Crippen molar-refractivity contribution in [3.63, 3.8) is 0 Å². The topological polar surface area (TPSA) is 88.3 Å². The summed E-state index contributed by atoms with van der Waals surface area (Å²) in [6, 6.07) is 2.80. The van der Waals surface area contributed by atoms with E-state index in [9.17, 15) is 22.8 Å². The third-order valence-corrected chi connectivity index (χ3v) is 4.33. The van der Waals surface area contributed by atoms with E-state index in [0.29, 0.717) is 4.68 Å². The minimum absolute atomic E-state index is 0.0582. The lowest BCUT2D eigenvalue weighted by Crippen LogP contribution is -2.31. The molecule has 1 aliphatic rings. The average Bonchev–Trinajstić information content (AvgIpc) is 3.21. The van der Waals surface area contributed by atoms with Crippen molar-refractivity contribution in [1.29, 1.82) is 0 Å². The van der Waals surface area contributed by atoms with Gasteiger partial charge in [0.15, 0.2) is 11.5 Å². The van der Waals surface area contributed by atoms with Gasteiger partial charge in [-0.1, -0.05) is 11.6 Å². The first kappa shape index (κ1) is 18.2. The highest BCUT2D eigenvalue weighted by Gasteiger charge is 2.43. The molecule has 1 aliphatic heterocycles. The standard InChI is InChI=1S/C15H12ClF3N4O3/c16-10-2-1-4-20-12(10)23-11(15(17,18)19)9(6-21-23)13(24)22-5-3-8(7-22)14(25)26/h1-2,4,6,8H,3,5,7H2,(H,25,26)/t8-/m0/s1. The lowest BCUT2D eigenvalue weighted by molar-refractivity contribution is -0.143. The average molecular weight is 389 g/mol. The molecule has 0 aliphatic carbocycles. The van der Waals surface area contributed by atoms with Crippen LogP contribution in [0.2, 0.25) is 5.02 Å². The van der Waals surface area contributed by atoms with Gasteiger partial charge < -0.3 is 10.0 Å². The molecular formula is C15H12ClF3N4O3. The van der Waals surface area contributed by atoms with Crippen LogP contribution in [0.5, 0.6) is 0 Å². The van der Waals surface area contributed by atoms with E-state index in [-0.39, 0.29) is 30.4 Å². The summed E-state index contributed by atoms with van der Waals surface area (Å²) in [6.45, 7) is -0.0936. The van der Waals surface area contributed by atoms with Crippen LogP contribution in [0.25, 0.3) is 5.82 Å². The third-order valence-electron chi connectivity index (χ3n) is 4.03. The van der Waals surface area contributed by atoms with Gasteiger partial charge in [-0.3, -0.25) is 9.59 Å². The number of halogens is 4. The number of carboxylic acid groups (broad SMARTS) is 1. The van der Waals surface area contributed by atoms with Crippen molar-refractivity contribution >= 4 is 23.5 Å². The quantitative estimate of drug-likeness (QED) is 0.872. The maximum atomic E-state index is 13.6. The molecule has 1 fully saturated rings. The molecule has 0 spiro atoms. The van der Waals surface area contributed by atoms with Gasteiger partial charge in [0, 0.05) is 19.3 Å². The monoisotopic (exact) mass is 388 g/mol. The van der Waals surface area contributed by atoms with Gasteiger partial charge in [0.1, 0.15) is 0 Å². The van der Waals surface area contributed by atoms with Crippen LogP contribution in [-0.2, 0) is 11.0 Å². The van der Waals surface area contributed by atoms with E-state index >= 15 is 0 Å². The van der Waals surface area contributed by atoms with Crippen LogP contribution in [0.1, 0.15) is 22.5 Å². The van der Waals surface area contributed by atoms with Crippen LogP contribution in [0.4, 0.5) is 13.2 Å². The number of carbonyl (C=O) groups excluding carboxylic acids is 1. The highest BCUT2D eigenvalue weighted by atomic mass is 35.5. The number of alkyl halides is 3. The number of amides is 1. The largest absolute Gasteiger partial charge is 0.481 e. The summed E-state index contributed by atoms with van der Waals surface area (Å²) in [6.07, 6.45) is -2.66. The van der Waals surface area contributed by atoms with Gasteiger partial charge in [0.05, 0.1) is 22.7 Å². The molecule has 7 nitrogen and oxygen atoms in total. The lowest BCUT2D eigenvalue weighted by Gasteiger charge is -2.17. The van der Waals surface area contributed by atoms with Crippen molar-refractivity contribution in [1.82, 2.24) is 19.7 Å². The Morgan fingerprint density at radius 2 is 2.08 bits per heavy atom. The number of hydrogen-bond acceptors (Lipinski definition) is 4. The van der Waals surface area contributed by atoms with Crippen molar-refractivity contribution < 1.29 is 27.9 Å². The number of carboxylic acids is 1. The molecule has 1 atom stereocenters. The van der Waals surface area contributed by atoms with Crippen LogP contribution >= 0.6 is 11.6 Å². The molecule has 2 aromatic rings. The van der Waals surface area contributed by atoms with Crippen LogP contribution < -0.4 is 0 Å². The van der Waals surface area contributed by atoms with Gasteiger partial charge in [-0.25, -0.2) is 9.67 Å². The first-order chi connectivity index (χ1) is 12.2. The zero-order chi connectivity index (χ0) is 19.1. The zero-order valence-electron chi connectivity index (χ0n) is 13.1. The Labute approximate surface area is 150 Å². The molecular weight excluding hydrogens is 377 g/mol. The number of hydrogen-bond donors (Lipinski definition) is 1. The smallest absolute Gasteiger partial charge is 0.434 e. The van der Waals surface area contributed by atoms with Crippen LogP contribution in [-0.4, -0.2) is 49.7 Å². The van der Waals surface area contributed by atoms with E-state index in [4.69, 9.17) is 16.7 Å². The molecule has 0 radical (unpaired) electrons. The Morgan fingerprint density at radius 3 is 2.65 bits per heavy atom. The van der Waals surface area contributed by atoms with Gasteiger partial charge in [-0.2, -0.15) is 18.3 Å². The molecule has 1 N–H and O–H groups in total. The number of nitrogens with zero attached hydrogens (tertiary/aromatic N) is 4. The first-order valence-electron chi connectivity index (χ1n) is 7.48. The SMILES string of the molecule is O=C(O)[C@H]1CCN(C(=O)c2cnn(-c3ncccc3Cl)c2C(F)(F)F)C1. The fraction of sp³-hybridized carbons (Fsp3) is 0.333. The number of pyridine rings is 1. The fourth-order valence-corrected chi connectivity index (χ4v) is 2.99. The van der Waals surface area contributed by atoms with Crippen molar-refractivity contribution in [2.75, 3.05) is 13.1 Å². The van der Waals surface area contributed by atoms with Crippen molar-refractivity contribution in [3.05, 3.63) is 40.8 Å². The first-order valence-corrected chi connectivity index (χ1v) is 7.86. The summed E-state index contributed by atoms with van der Waals surface area (Å²) >= 11 is 5.90. The predicted molar refractivity (Wildman–Crippen MR) is 83.0 cm³/mol. The lowest BCUT2D eigenvalue weighted by atomic mass is 10.1. The third kappa shape index (κ3) is 3.24. The number of carbonyl (C=O) groups is 2. The Balaban J connectivity index is 2.03. The molecule has 0 bridgehead atoms. The van der Waals surface area contributed by atoms with Gasteiger partial charge in [0.2, 0.25) is 0 Å². The van der Waals surface area contributed by atoms with Crippen LogP contribution in [0, 0.1) is 5.92 Å². The molecule has 0 unspecified atom stereocenters. The van der Waals surface area contributed by atoms with E-state index in [2.05, 4.69) is 10.1 Å². The van der Waals surface area contributed by atoms with E-state index in [1.807, 2.05) is 0 Å². The fourth-order valence-electron chi connectivity index (χ4n) is 2.79. The van der Waals surface area contributed by atoms with E-state index in [1.165, 1.54) is 18.3 Å². The van der Waals surface area contributed by atoms with Crippen LogP contribution in [0.3, 0.4) is 0 Å². The number of aliphatic carboxylic acids is 1. The minimum atomic E-state index is -4.89. The highest BCUT2D eigenvalue weighted by Crippen LogP contribution is 2.35. The molecule has 2 aromatic heterocycles. The summed E-state index contributed by atoms with van der Waals surface area (Å²) in [7, 11) is 0. The van der Waals surface area contributed by atoms with Gasteiger partial charge in [-0.05, 0) is 18.6 Å². The van der Waals surface area contributed by atoms with Gasteiger partial charge in [0.25, 0.3) is 5.91 Å². The van der Waals surface area contributed by atoms with E-state index in [1.54, 1.807) is 0 Å². The minimum Gasteiger partial charge on any atom is -0.481 e. The van der Waals surface area contributed by atoms with Crippen molar-refractivity contribution in [3.8, 4) is 5.82 Å². The number of rotatable bonds is 3. The molecule has 0 saturated carbocycles. The molecule has 1 amide bonds. The second-order valence-corrected chi connectivity index (χ2v) is 6.11.